The molecule has 0 fully saturated rings. The lowest BCUT2D eigenvalue weighted by atomic mass is 10.0. The van der Waals surface area contributed by atoms with Gasteiger partial charge in [0, 0.05) is 6.20 Å². The Hall–Kier alpha value is -5.35. The van der Waals surface area contributed by atoms with Gasteiger partial charge in [0.15, 0.2) is 5.82 Å². The molecule has 13 nitrogen and oxygen atoms in total. The maximum Gasteiger partial charge on any atom is 0.453 e. The summed E-state index contributed by atoms with van der Waals surface area (Å²) in [6.07, 6.45) is -3.47. The Kier molecular flexibility index (Phi) is 7.73. The van der Waals surface area contributed by atoms with E-state index in [1.165, 1.54) is 36.5 Å². The van der Waals surface area contributed by atoms with E-state index in [0.29, 0.717) is 10.2 Å². The summed E-state index contributed by atoms with van der Waals surface area (Å²) in [5, 5.41) is 36.8. The molecule has 0 aliphatic heterocycles. The van der Waals surface area contributed by atoms with Gasteiger partial charge in [-0.15, -0.1) is 5.10 Å². The third-order valence-corrected chi connectivity index (χ3v) is 5.60. The van der Waals surface area contributed by atoms with Crippen molar-refractivity contribution in [2.24, 2.45) is 0 Å². The van der Waals surface area contributed by atoms with Crippen molar-refractivity contribution in [3.8, 4) is 18.0 Å². The summed E-state index contributed by atoms with van der Waals surface area (Å²) >= 11 is 6.26. The number of anilines is 1. The molecule has 3 heterocycles. The molecular formula is C23H15ClF3N11O2. The zero-order valence-electron chi connectivity index (χ0n) is 20.2. The first-order valence-corrected chi connectivity index (χ1v) is 11.5. The fraction of sp³-hybridized carbons (Fsp3) is 0.174. The van der Waals surface area contributed by atoms with Crippen molar-refractivity contribution in [1.82, 2.24) is 40.3 Å². The minimum atomic E-state index is -4.84. The average molecular weight is 570 g/mol. The van der Waals surface area contributed by atoms with Crippen LogP contribution in [-0.4, -0.2) is 53.3 Å². The Labute approximate surface area is 227 Å². The van der Waals surface area contributed by atoms with Crippen LogP contribution >= 0.6 is 11.6 Å². The molecule has 1 aromatic carbocycles. The molecule has 0 unspecified atom stereocenters. The van der Waals surface area contributed by atoms with Crippen molar-refractivity contribution in [2.75, 3.05) is 11.9 Å². The number of pyridine rings is 1. The number of halogens is 4. The second kappa shape index (κ2) is 11.2. The molecule has 4 rings (SSSR count). The first kappa shape index (κ1) is 27.7. The van der Waals surface area contributed by atoms with Gasteiger partial charge in [-0.3, -0.25) is 9.59 Å². The van der Waals surface area contributed by atoms with Gasteiger partial charge in [-0.05, 0) is 53.2 Å². The number of aryl methyl sites for hydroxylation is 1. The van der Waals surface area contributed by atoms with Gasteiger partial charge >= 0.3 is 6.18 Å². The lowest BCUT2D eigenvalue weighted by Crippen LogP contribution is -2.26. The number of carbonyl (C=O) groups excluding carboxylic acids is 2. The maximum atomic E-state index is 13.5. The van der Waals surface area contributed by atoms with E-state index in [1.54, 1.807) is 13.0 Å². The van der Waals surface area contributed by atoms with E-state index >= 15 is 0 Å². The minimum absolute atomic E-state index is 0.00290. The normalized spacial score (nSPS) is 11.0. The largest absolute Gasteiger partial charge is 0.453 e. The van der Waals surface area contributed by atoms with Gasteiger partial charge in [0.1, 0.15) is 12.2 Å². The van der Waals surface area contributed by atoms with Gasteiger partial charge in [-0.25, -0.2) is 14.3 Å². The predicted molar refractivity (Wildman–Crippen MR) is 130 cm³/mol. The number of rotatable bonds is 7. The molecule has 0 spiro atoms. The Balaban J connectivity index is 1.78. The number of nitrogens with one attached hydrogen (secondary N) is 2. The number of hydrogen-bond acceptors (Lipinski definition) is 9. The summed E-state index contributed by atoms with van der Waals surface area (Å²) in [7, 11) is 0. The van der Waals surface area contributed by atoms with Crippen LogP contribution in [0, 0.1) is 29.6 Å². The van der Waals surface area contributed by atoms with Crippen molar-refractivity contribution in [1.29, 1.82) is 10.5 Å². The first-order valence-electron chi connectivity index (χ1n) is 11.1. The second-order valence-corrected chi connectivity index (χ2v) is 8.43. The minimum Gasteiger partial charge on any atom is -0.339 e. The van der Waals surface area contributed by atoms with Crippen LogP contribution in [0.25, 0.3) is 5.82 Å². The molecule has 2 N–H and O–H groups in total. The van der Waals surface area contributed by atoms with Gasteiger partial charge in [-0.2, -0.15) is 28.8 Å². The van der Waals surface area contributed by atoms with Crippen LogP contribution in [0.5, 0.6) is 0 Å². The molecule has 17 heteroatoms. The number of benzene rings is 1. The van der Waals surface area contributed by atoms with Crippen molar-refractivity contribution >= 4 is 29.1 Å². The standard InChI is InChI=1S/C23H15ClF3N11O2/c1-12-7-13(10-29)8-15(20(39)31-6-4-28)18(12)32-21(40)17-9-14(11-37-22(23(25,26)27)33-35-36-37)34-38(17)19-16(24)3-2-5-30-19/h2-3,5,7-9H,6,11H2,1H3,(H,31,39)(H,32,40). The highest BCUT2D eigenvalue weighted by molar-refractivity contribution is 6.32. The zero-order valence-corrected chi connectivity index (χ0v) is 21.0. The molecule has 0 aliphatic carbocycles. The molecule has 0 saturated heterocycles. The van der Waals surface area contributed by atoms with Crippen LogP contribution in [0.1, 0.15) is 43.5 Å². The van der Waals surface area contributed by atoms with Crippen molar-refractivity contribution in [3.63, 3.8) is 0 Å². The number of hydrogen-bond donors (Lipinski definition) is 2. The summed E-state index contributed by atoms with van der Waals surface area (Å²) in [5.74, 6) is -2.94. The predicted octanol–water partition coefficient (Wildman–Crippen LogP) is 2.66. The monoisotopic (exact) mass is 569 g/mol. The first-order chi connectivity index (χ1) is 19.0. The fourth-order valence-electron chi connectivity index (χ4n) is 3.62. The van der Waals surface area contributed by atoms with E-state index in [9.17, 15) is 28.0 Å². The number of tetrazole rings is 1. The van der Waals surface area contributed by atoms with E-state index in [1.807, 2.05) is 6.07 Å². The van der Waals surface area contributed by atoms with Crippen LogP contribution < -0.4 is 10.6 Å². The van der Waals surface area contributed by atoms with Crippen LogP contribution in [0.3, 0.4) is 0 Å². The van der Waals surface area contributed by atoms with Crippen LogP contribution in [-0.2, 0) is 12.7 Å². The molecule has 40 heavy (non-hydrogen) atoms. The Morgan fingerprint density at radius 2 is 1.95 bits per heavy atom. The molecule has 0 bridgehead atoms. The van der Waals surface area contributed by atoms with Crippen LogP contribution in [0.15, 0.2) is 36.5 Å². The number of nitrogens with zero attached hydrogens (tertiary/aromatic N) is 9. The van der Waals surface area contributed by atoms with Gasteiger partial charge in [0.05, 0.1) is 46.2 Å². The number of carbonyl (C=O) groups is 2. The van der Waals surface area contributed by atoms with Gasteiger partial charge in [0.25, 0.3) is 17.6 Å². The highest BCUT2D eigenvalue weighted by Crippen LogP contribution is 2.28. The maximum absolute atomic E-state index is 13.5. The molecule has 0 atom stereocenters. The van der Waals surface area contributed by atoms with Crippen molar-refractivity contribution in [2.45, 2.75) is 19.6 Å². The van der Waals surface area contributed by atoms with E-state index < -0.39 is 30.4 Å². The molecule has 0 saturated carbocycles. The molecule has 0 radical (unpaired) electrons. The Morgan fingerprint density at radius 3 is 2.62 bits per heavy atom. The molecule has 4 aromatic rings. The topological polar surface area (TPSA) is 180 Å². The third-order valence-electron chi connectivity index (χ3n) is 5.31. The molecule has 0 aliphatic rings. The highest BCUT2D eigenvalue weighted by atomic mass is 35.5. The zero-order chi connectivity index (χ0) is 29.0. The third kappa shape index (κ3) is 5.71. The van der Waals surface area contributed by atoms with Crippen LogP contribution in [0.4, 0.5) is 18.9 Å². The lowest BCUT2D eigenvalue weighted by molar-refractivity contribution is -0.147. The van der Waals surface area contributed by atoms with E-state index in [4.69, 9.17) is 16.9 Å². The molecule has 3 aromatic heterocycles. The summed E-state index contributed by atoms with van der Waals surface area (Å²) in [5.41, 5.74) is 0.163. The van der Waals surface area contributed by atoms with E-state index in [-0.39, 0.29) is 45.6 Å². The SMILES string of the molecule is Cc1cc(C#N)cc(C(=O)NCC#N)c1NC(=O)c1cc(Cn2nnnc2C(F)(F)F)nn1-c1ncccc1Cl. The summed E-state index contributed by atoms with van der Waals surface area (Å²) in [6, 6.07) is 10.5. The fourth-order valence-corrected chi connectivity index (χ4v) is 3.82. The lowest BCUT2D eigenvalue weighted by Gasteiger charge is -2.15. The molecular weight excluding hydrogens is 555 g/mol. The molecule has 202 valence electrons. The smallest absolute Gasteiger partial charge is 0.339 e. The average Bonchev–Trinajstić information content (AvgIpc) is 3.56. The number of nitriles is 2. The van der Waals surface area contributed by atoms with Gasteiger partial charge in [0.2, 0.25) is 0 Å². The van der Waals surface area contributed by atoms with Crippen LogP contribution in [0.2, 0.25) is 5.02 Å². The van der Waals surface area contributed by atoms with Gasteiger partial charge in [-0.1, -0.05) is 11.6 Å². The van der Waals surface area contributed by atoms with Gasteiger partial charge < -0.3 is 10.6 Å². The Morgan fingerprint density at radius 1 is 1.18 bits per heavy atom. The number of amides is 2. The van der Waals surface area contributed by atoms with E-state index in [2.05, 4.69) is 36.2 Å². The second-order valence-electron chi connectivity index (χ2n) is 8.02. The van der Waals surface area contributed by atoms with E-state index in [0.717, 1.165) is 4.68 Å². The highest BCUT2D eigenvalue weighted by Gasteiger charge is 2.38. The summed E-state index contributed by atoms with van der Waals surface area (Å²) in [4.78, 5) is 30.4. The number of alkyl halides is 3. The summed E-state index contributed by atoms with van der Waals surface area (Å²) < 4.78 is 41.3. The number of aromatic nitrogens is 7. The van der Waals surface area contributed by atoms with Crippen molar-refractivity contribution in [3.05, 3.63) is 75.5 Å². The van der Waals surface area contributed by atoms with Crippen molar-refractivity contribution < 1.29 is 22.8 Å². The summed E-state index contributed by atoms with van der Waals surface area (Å²) in [6.45, 7) is 0.664. The molecule has 2 amide bonds. The Bertz CT molecular complexity index is 1700. The quantitative estimate of drug-likeness (QED) is 0.316.